The van der Waals surface area contributed by atoms with Crippen molar-refractivity contribution in [3.05, 3.63) is 27.1 Å². The van der Waals surface area contributed by atoms with E-state index in [1.807, 2.05) is 0 Å². The average Bonchev–Trinajstić information content (AvgIpc) is 2.83. The Morgan fingerprint density at radius 2 is 1.92 bits per heavy atom. The normalized spacial score (nSPS) is 18.8. The molecule has 2 rings (SSSR count). The molecular weight excluding hydrogens is 468 g/mol. The molecule has 10 heteroatoms. The highest BCUT2D eigenvalue weighted by molar-refractivity contribution is 9.11. The summed E-state index contributed by atoms with van der Waals surface area (Å²) in [5, 5.41) is 0. The number of hydrazine groups is 1. The van der Waals surface area contributed by atoms with Crippen molar-refractivity contribution in [3.63, 3.8) is 0 Å². The van der Waals surface area contributed by atoms with Crippen molar-refractivity contribution in [2.24, 2.45) is 5.92 Å². The van der Waals surface area contributed by atoms with Crippen molar-refractivity contribution in [1.82, 2.24) is 10.9 Å². The van der Waals surface area contributed by atoms with Gasteiger partial charge in [-0.05, 0) is 46.5 Å². The van der Waals surface area contributed by atoms with E-state index in [2.05, 4.69) is 42.7 Å². The fourth-order valence-electron chi connectivity index (χ4n) is 2.26. The molecule has 7 nitrogen and oxygen atoms in total. The van der Waals surface area contributed by atoms with Gasteiger partial charge in [0.25, 0.3) is 5.91 Å². The number of rotatable bonds is 5. The van der Waals surface area contributed by atoms with Gasteiger partial charge in [0.2, 0.25) is 5.91 Å². The highest BCUT2D eigenvalue weighted by Crippen LogP contribution is 2.28. The van der Waals surface area contributed by atoms with Gasteiger partial charge in [0, 0.05) is 10.9 Å². The first-order chi connectivity index (χ1) is 11.2. The maximum atomic E-state index is 11.7. The van der Waals surface area contributed by atoms with Gasteiger partial charge in [-0.2, -0.15) is 0 Å². The van der Waals surface area contributed by atoms with Gasteiger partial charge < -0.3 is 4.74 Å². The van der Waals surface area contributed by atoms with Crippen LogP contribution in [0.4, 0.5) is 0 Å². The lowest BCUT2D eigenvalue weighted by Crippen LogP contribution is -2.44. The number of carbonyl (C=O) groups is 2. The van der Waals surface area contributed by atoms with E-state index in [9.17, 15) is 18.0 Å². The van der Waals surface area contributed by atoms with Gasteiger partial charge in [0.15, 0.2) is 16.4 Å². The summed E-state index contributed by atoms with van der Waals surface area (Å²) in [6, 6.07) is 5.25. The van der Waals surface area contributed by atoms with Gasteiger partial charge in [-0.1, -0.05) is 15.9 Å². The Kier molecular flexibility index (Phi) is 6.64. The highest BCUT2D eigenvalue weighted by Gasteiger charge is 2.29. The van der Waals surface area contributed by atoms with E-state index < -0.39 is 21.7 Å². The number of hydrogen-bond acceptors (Lipinski definition) is 5. The van der Waals surface area contributed by atoms with E-state index in [1.165, 1.54) is 0 Å². The lowest BCUT2D eigenvalue weighted by atomic mass is 10.1. The SMILES string of the molecule is O=C(COc1ccc(Br)cc1Br)NNC(=O)C[C@H]1CCS(=O)(=O)C1. The third-order valence-electron chi connectivity index (χ3n) is 3.39. The van der Waals surface area contributed by atoms with Crippen molar-refractivity contribution >= 4 is 53.5 Å². The maximum absolute atomic E-state index is 11.7. The van der Waals surface area contributed by atoms with Crippen LogP contribution in [-0.2, 0) is 19.4 Å². The zero-order valence-corrected chi connectivity index (χ0v) is 16.5. The summed E-state index contributed by atoms with van der Waals surface area (Å²) >= 11 is 6.62. The second kappa shape index (κ2) is 8.30. The molecule has 0 unspecified atom stereocenters. The smallest absolute Gasteiger partial charge is 0.276 e. The number of carbonyl (C=O) groups excluding carboxylic acids is 2. The molecule has 0 aromatic heterocycles. The Hall–Kier alpha value is -1.13. The maximum Gasteiger partial charge on any atom is 0.276 e. The molecular formula is C14H16Br2N2O5S. The predicted octanol–water partition coefficient (Wildman–Crippen LogP) is 1.56. The van der Waals surface area contributed by atoms with Crippen LogP contribution in [0.15, 0.2) is 27.1 Å². The minimum Gasteiger partial charge on any atom is -0.483 e. The molecule has 0 saturated carbocycles. The van der Waals surface area contributed by atoms with Crippen molar-refractivity contribution in [2.45, 2.75) is 12.8 Å². The number of ether oxygens (including phenoxy) is 1. The number of sulfone groups is 1. The van der Waals surface area contributed by atoms with E-state index in [-0.39, 0.29) is 30.5 Å². The third kappa shape index (κ3) is 6.06. The predicted molar refractivity (Wildman–Crippen MR) is 95.0 cm³/mol. The molecule has 1 aliphatic heterocycles. The van der Waals surface area contributed by atoms with Crippen LogP contribution < -0.4 is 15.6 Å². The molecule has 0 bridgehead atoms. The quantitative estimate of drug-likeness (QED) is 0.619. The second-order valence-corrected chi connectivity index (χ2v) is 9.43. The molecule has 1 atom stereocenters. The lowest BCUT2D eigenvalue weighted by molar-refractivity contribution is -0.130. The zero-order chi connectivity index (χ0) is 17.7. The zero-order valence-electron chi connectivity index (χ0n) is 12.6. The van der Waals surface area contributed by atoms with Gasteiger partial charge in [-0.25, -0.2) is 8.42 Å². The Labute approximate surface area is 156 Å². The van der Waals surface area contributed by atoms with Gasteiger partial charge in [-0.3, -0.25) is 20.4 Å². The van der Waals surface area contributed by atoms with Crippen LogP contribution in [0, 0.1) is 5.92 Å². The van der Waals surface area contributed by atoms with Crippen LogP contribution in [-0.4, -0.2) is 38.3 Å². The van der Waals surface area contributed by atoms with E-state index in [0.717, 1.165) is 4.47 Å². The first-order valence-electron chi connectivity index (χ1n) is 7.11. The number of benzene rings is 1. The molecule has 0 aliphatic carbocycles. The molecule has 1 aliphatic rings. The van der Waals surface area contributed by atoms with Crippen molar-refractivity contribution in [3.8, 4) is 5.75 Å². The fraction of sp³-hybridized carbons (Fsp3) is 0.429. The number of nitrogens with one attached hydrogen (secondary N) is 2. The molecule has 1 heterocycles. The summed E-state index contributed by atoms with van der Waals surface area (Å²) in [7, 11) is -3.01. The molecule has 0 radical (unpaired) electrons. The molecule has 1 fully saturated rings. The van der Waals surface area contributed by atoms with Crippen molar-refractivity contribution in [1.29, 1.82) is 0 Å². The van der Waals surface area contributed by atoms with Gasteiger partial charge in [0.1, 0.15) is 5.75 Å². The first kappa shape index (κ1) is 19.2. The number of amides is 2. The molecule has 1 aromatic carbocycles. The van der Waals surface area contributed by atoms with E-state index in [4.69, 9.17) is 4.74 Å². The molecule has 24 heavy (non-hydrogen) atoms. The standard InChI is InChI=1S/C14H16Br2N2O5S/c15-10-1-2-12(11(16)6-10)23-7-14(20)18-17-13(19)5-9-3-4-24(21,22)8-9/h1-2,6,9H,3-5,7-8H2,(H,17,19)(H,18,20)/t9-/m1/s1. The van der Waals surface area contributed by atoms with Crippen LogP contribution in [0.1, 0.15) is 12.8 Å². The van der Waals surface area contributed by atoms with E-state index in [1.54, 1.807) is 18.2 Å². The van der Waals surface area contributed by atoms with Gasteiger partial charge >= 0.3 is 0 Å². The third-order valence-corrected chi connectivity index (χ3v) is 6.34. The van der Waals surface area contributed by atoms with Crippen LogP contribution in [0.25, 0.3) is 0 Å². The lowest BCUT2D eigenvalue weighted by Gasteiger charge is -2.11. The summed E-state index contributed by atoms with van der Waals surface area (Å²) in [5.74, 6) is -0.493. The van der Waals surface area contributed by atoms with Gasteiger partial charge in [0.05, 0.1) is 16.0 Å². The molecule has 1 aromatic rings. The molecule has 2 N–H and O–H groups in total. The van der Waals surface area contributed by atoms with Gasteiger partial charge in [-0.15, -0.1) is 0 Å². The van der Waals surface area contributed by atoms with Crippen LogP contribution in [0.5, 0.6) is 5.75 Å². The topological polar surface area (TPSA) is 102 Å². The van der Waals surface area contributed by atoms with Crippen molar-refractivity contribution in [2.75, 3.05) is 18.1 Å². The Balaban J connectivity index is 1.70. The molecule has 2 amide bonds. The first-order valence-corrected chi connectivity index (χ1v) is 10.5. The fourth-order valence-corrected chi connectivity index (χ4v) is 5.28. The second-order valence-electron chi connectivity index (χ2n) is 5.43. The minimum absolute atomic E-state index is 0.0229. The van der Waals surface area contributed by atoms with Crippen LogP contribution in [0.2, 0.25) is 0 Å². The molecule has 1 saturated heterocycles. The van der Waals surface area contributed by atoms with Crippen LogP contribution >= 0.6 is 31.9 Å². The summed E-state index contributed by atoms with van der Waals surface area (Å²) < 4.78 is 29.6. The number of halogens is 2. The Morgan fingerprint density at radius 3 is 2.54 bits per heavy atom. The summed E-state index contributed by atoms with van der Waals surface area (Å²) in [6.45, 7) is -0.266. The summed E-state index contributed by atoms with van der Waals surface area (Å²) in [6.07, 6.45) is 0.545. The number of hydrogen-bond donors (Lipinski definition) is 2. The average molecular weight is 484 g/mol. The Morgan fingerprint density at radius 1 is 1.21 bits per heavy atom. The summed E-state index contributed by atoms with van der Waals surface area (Å²) in [5.41, 5.74) is 4.50. The van der Waals surface area contributed by atoms with Crippen molar-refractivity contribution < 1.29 is 22.7 Å². The summed E-state index contributed by atoms with van der Waals surface area (Å²) in [4.78, 5) is 23.4. The molecule has 132 valence electrons. The van der Waals surface area contributed by atoms with E-state index in [0.29, 0.717) is 16.6 Å². The van der Waals surface area contributed by atoms with Crippen LogP contribution in [0.3, 0.4) is 0 Å². The highest BCUT2D eigenvalue weighted by atomic mass is 79.9. The largest absolute Gasteiger partial charge is 0.483 e. The Bertz CT molecular complexity index is 739. The van der Waals surface area contributed by atoms with E-state index >= 15 is 0 Å². The molecule has 0 spiro atoms. The monoisotopic (exact) mass is 482 g/mol. The minimum atomic E-state index is -3.01.